The summed E-state index contributed by atoms with van der Waals surface area (Å²) >= 11 is 0. The van der Waals surface area contributed by atoms with E-state index < -0.39 is 24.5 Å². The van der Waals surface area contributed by atoms with Gasteiger partial charge in [-0.1, -0.05) is 0 Å². The molecule has 9 nitrogen and oxygen atoms in total. The van der Waals surface area contributed by atoms with Crippen LogP contribution in [0.1, 0.15) is 0 Å². The van der Waals surface area contributed by atoms with E-state index in [2.05, 4.69) is 32.1 Å². The van der Waals surface area contributed by atoms with Gasteiger partial charge in [-0.05, 0) is 31.3 Å². The molecule has 3 saturated heterocycles. The highest BCUT2D eigenvalue weighted by atomic mass is 19.1. The van der Waals surface area contributed by atoms with Crippen molar-refractivity contribution in [1.29, 1.82) is 0 Å². The van der Waals surface area contributed by atoms with Gasteiger partial charge in [0.2, 0.25) is 0 Å². The standard InChI is InChI=1S/C26H29F2N5O4/c1-32-5-7-33(8-6-32)20-4-3-15(9-17(20)27)31-26-16-10-21(34-2)22(11-19(16)29-14-30-26)37-23-13-36-24-18(28)12-35-25(23)24/h3-4,9-11,14,18,23-25H,5-8,12-13H2,1-2H3,(H,29,30,31)/t18-,23-,24?,25+/m1/s1. The quantitative estimate of drug-likeness (QED) is 0.535. The molecule has 3 aromatic rings. The molecule has 1 unspecified atom stereocenters. The third-order valence-electron chi connectivity index (χ3n) is 7.20. The lowest BCUT2D eigenvalue weighted by Crippen LogP contribution is -2.44. The highest BCUT2D eigenvalue weighted by molar-refractivity contribution is 5.93. The first-order chi connectivity index (χ1) is 18.0. The van der Waals surface area contributed by atoms with Crippen LogP contribution in [0.5, 0.6) is 11.5 Å². The number of halogens is 2. The Hall–Kier alpha value is -3.28. The first kappa shape index (κ1) is 24.1. The van der Waals surface area contributed by atoms with E-state index in [-0.39, 0.29) is 19.0 Å². The van der Waals surface area contributed by atoms with Crippen molar-refractivity contribution >= 4 is 28.1 Å². The summed E-state index contributed by atoms with van der Waals surface area (Å²) in [5, 5.41) is 3.89. The van der Waals surface area contributed by atoms with Gasteiger partial charge in [0.1, 0.15) is 30.2 Å². The van der Waals surface area contributed by atoms with Gasteiger partial charge in [-0.25, -0.2) is 18.7 Å². The number of hydrogen-bond donors (Lipinski definition) is 1. The number of nitrogens with one attached hydrogen (secondary N) is 1. The molecule has 11 heteroatoms. The molecular formula is C26H29F2N5O4. The lowest BCUT2D eigenvalue weighted by atomic mass is 10.1. The zero-order chi connectivity index (χ0) is 25.5. The Kier molecular flexibility index (Phi) is 6.43. The fourth-order valence-electron chi connectivity index (χ4n) is 5.12. The number of anilines is 3. The minimum atomic E-state index is -1.15. The van der Waals surface area contributed by atoms with E-state index in [0.717, 1.165) is 26.2 Å². The van der Waals surface area contributed by atoms with Crippen molar-refractivity contribution < 1.29 is 27.7 Å². The van der Waals surface area contributed by atoms with Crippen molar-refractivity contribution in [2.45, 2.75) is 24.5 Å². The average molecular weight is 514 g/mol. The second-order valence-corrected chi connectivity index (χ2v) is 9.59. The summed E-state index contributed by atoms with van der Waals surface area (Å²) < 4.78 is 51.8. The van der Waals surface area contributed by atoms with Crippen LogP contribution in [0, 0.1) is 5.82 Å². The smallest absolute Gasteiger partial charge is 0.164 e. The SMILES string of the molecule is COc1cc2c(Nc3ccc(N4CCN(C)CC4)c(F)c3)ncnc2cc1O[C@@H]1COC2[C@H](F)CO[C@H]21. The van der Waals surface area contributed by atoms with E-state index in [1.54, 1.807) is 18.2 Å². The van der Waals surface area contributed by atoms with E-state index >= 15 is 4.39 Å². The third kappa shape index (κ3) is 4.62. The number of nitrogens with zero attached hydrogens (tertiary/aromatic N) is 4. The molecule has 3 aliphatic rings. The summed E-state index contributed by atoms with van der Waals surface area (Å²) in [5.74, 6) is 1.12. The van der Waals surface area contributed by atoms with E-state index in [1.807, 2.05) is 6.07 Å². The van der Waals surface area contributed by atoms with E-state index in [4.69, 9.17) is 18.9 Å². The van der Waals surface area contributed by atoms with Gasteiger partial charge in [-0.3, -0.25) is 0 Å². The van der Waals surface area contributed by atoms with Crippen LogP contribution in [0.25, 0.3) is 10.9 Å². The number of benzene rings is 2. The average Bonchev–Trinajstić information content (AvgIpc) is 3.47. The number of rotatable bonds is 6. The Balaban J connectivity index is 1.24. The van der Waals surface area contributed by atoms with Crippen molar-refractivity contribution in [3.8, 4) is 11.5 Å². The van der Waals surface area contributed by atoms with Gasteiger partial charge in [-0.2, -0.15) is 0 Å². The maximum Gasteiger partial charge on any atom is 0.164 e. The number of alkyl halides is 1. The maximum atomic E-state index is 15.0. The number of piperazine rings is 1. The topological polar surface area (TPSA) is 81.2 Å². The summed E-state index contributed by atoms with van der Waals surface area (Å²) in [5.41, 5.74) is 1.77. The van der Waals surface area contributed by atoms with Gasteiger partial charge in [0, 0.05) is 43.3 Å². The molecule has 4 heterocycles. The fourth-order valence-corrected chi connectivity index (χ4v) is 5.12. The number of hydrogen-bond acceptors (Lipinski definition) is 9. The van der Waals surface area contributed by atoms with Gasteiger partial charge in [0.05, 0.1) is 31.5 Å². The summed E-state index contributed by atoms with van der Waals surface area (Å²) in [6, 6.07) is 8.63. The van der Waals surface area contributed by atoms with E-state index in [0.29, 0.717) is 39.6 Å². The van der Waals surface area contributed by atoms with Gasteiger partial charge in [0.15, 0.2) is 23.8 Å². The minimum Gasteiger partial charge on any atom is -0.493 e. The Bertz CT molecular complexity index is 1290. The zero-order valence-electron chi connectivity index (χ0n) is 20.7. The van der Waals surface area contributed by atoms with E-state index in [1.165, 1.54) is 19.5 Å². The first-order valence-electron chi connectivity index (χ1n) is 12.4. The van der Waals surface area contributed by atoms with Crippen LogP contribution in [0.15, 0.2) is 36.7 Å². The van der Waals surface area contributed by atoms with Crippen molar-refractivity contribution in [2.75, 3.05) is 63.8 Å². The largest absolute Gasteiger partial charge is 0.493 e. The predicted molar refractivity (Wildman–Crippen MR) is 134 cm³/mol. The molecule has 3 fully saturated rings. The monoisotopic (exact) mass is 513 g/mol. The fraction of sp³-hybridized carbons (Fsp3) is 0.462. The van der Waals surface area contributed by atoms with Crippen LogP contribution in [0.3, 0.4) is 0 Å². The molecule has 0 radical (unpaired) electrons. The van der Waals surface area contributed by atoms with Gasteiger partial charge >= 0.3 is 0 Å². The molecule has 0 spiro atoms. The molecule has 1 N–H and O–H groups in total. The zero-order valence-corrected chi connectivity index (χ0v) is 20.7. The highest BCUT2D eigenvalue weighted by Gasteiger charge is 2.49. The Morgan fingerprint density at radius 2 is 1.81 bits per heavy atom. The lowest BCUT2D eigenvalue weighted by Gasteiger charge is -2.34. The van der Waals surface area contributed by atoms with Crippen molar-refractivity contribution in [3.05, 3.63) is 42.5 Å². The van der Waals surface area contributed by atoms with Crippen LogP contribution in [-0.2, 0) is 9.47 Å². The number of fused-ring (bicyclic) bond motifs is 2. The predicted octanol–water partition coefficient (Wildman–Crippen LogP) is 3.16. The van der Waals surface area contributed by atoms with Gasteiger partial charge < -0.3 is 34.1 Å². The normalized spacial score (nSPS) is 25.9. The maximum absolute atomic E-state index is 15.0. The molecule has 2 aromatic carbocycles. The summed E-state index contributed by atoms with van der Waals surface area (Å²) in [4.78, 5) is 13.0. The molecule has 0 bridgehead atoms. The second kappa shape index (κ2) is 9.88. The van der Waals surface area contributed by atoms with Crippen LogP contribution in [0.2, 0.25) is 0 Å². The third-order valence-corrected chi connectivity index (χ3v) is 7.20. The Morgan fingerprint density at radius 1 is 1.00 bits per heavy atom. The molecule has 196 valence electrons. The van der Waals surface area contributed by atoms with Crippen molar-refractivity contribution in [1.82, 2.24) is 14.9 Å². The van der Waals surface area contributed by atoms with Gasteiger partial charge in [0.25, 0.3) is 0 Å². The van der Waals surface area contributed by atoms with Gasteiger partial charge in [-0.15, -0.1) is 0 Å². The summed E-state index contributed by atoms with van der Waals surface area (Å²) in [6.07, 6.45) is -1.27. The minimum absolute atomic E-state index is 0.00323. The van der Waals surface area contributed by atoms with Crippen molar-refractivity contribution in [2.24, 2.45) is 0 Å². The summed E-state index contributed by atoms with van der Waals surface area (Å²) in [6.45, 7) is 3.61. The van der Waals surface area contributed by atoms with Crippen molar-refractivity contribution in [3.63, 3.8) is 0 Å². The molecule has 4 atom stereocenters. The van der Waals surface area contributed by atoms with Crippen LogP contribution < -0.4 is 19.7 Å². The van der Waals surface area contributed by atoms with Crippen LogP contribution in [0.4, 0.5) is 26.0 Å². The number of aromatic nitrogens is 2. The molecule has 0 saturated carbocycles. The number of ether oxygens (including phenoxy) is 4. The van der Waals surface area contributed by atoms with E-state index in [9.17, 15) is 4.39 Å². The number of likely N-dealkylation sites (N-methyl/N-ethyl adjacent to an activating group) is 1. The highest BCUT2D eigenvalue weighted by Crippen LogP contribution is 2.38. The Labute approximate surface area is 213 Å². The molecule has 1 aromatic heterocycles. The molecular weight excluding hydrogens is 484 g/mol. The molecule has 37 heavy (non-hydrogen) atoms. The van der Waals surface area contributed by atoms with Crippen LogP contribution >= 0.6 is 0 Å². The van der Waals surface area contributed by atoms with Crippen LogP contribution in [-0.4, -0.2) is 92.9 Å². The lowest BCUT2D eigenvalue weighted by molar-refractivity contribution is 0.0271. The second-order valence-electron chi connectivity index (χ2n) is 9.59. The first-order valence-corrected chi connectivity index (χ1v) is 12.4. The number of methoxy groups -OCH3 is 1. The molecule has 0 amide bonds. The molecule has 6 rings (SSSR count). The molecule has 3 aliphatic heterocycles. The summed E-state index contributed by atoms with van der Waals surface area (Å²) in [7, 11) is 3.61. The Morgan fingerprint density at radius 3 is 2.59 bits per heavy atom. The molecule has 0 aliphatic carbocycles.